The number of carbonyl (C=O) groups is 1. The number of nitrogens with zero attached hydrogens (tertiary/aromatic N) is 3. The van der Waals surface area contributed by atoms with Crippen LogP contribution in [0.2, 0.25) is 0 Å². The van der Waals surface area contributed by atoms with Crippen molar-refractivity contribution in [3.05, 3.63) is 30.0 Å². The predicted octanol–water partition coefficient (Wildman–Crippen LogP) is 0.962. The maximum Gasteiger partial charge on any atom is 0.356 e. The van der Waals surface area contributed by atoms with Crippen LogP contribution >= 0.6 is 0 Å². The Labute approximate surface area is 91.7 Å². The number of methoxy groups -OCH3 is 1. The maximum atomic E-state index is 11.4. The maximum absolute atomic E-state index is 11.4. The summed E-state index contributed by atoms with van der Waals surface area (Å²) in [6.45, 7) is 1.86. The van der Waals surface area contributed by atoms with Gasteiger partial charge in [0, 0.05) is 6.20 Å². The minimum absolute atomic E-state index is 0.296. The van der Waals surface area contributed by atoms with E-state index in [1.165, 1.54) is 13.4 Å². The summed E-state index contributed by atoms with van der Waals surface area (Å²) in [5.41, 5.74) is 2.45. The van der Waals surface area contributed by atoms with Gasteiger partial charge in [-0.05, 0) is 12.5 Å². The summed E-state index contributed by atoms with van der Waals surface area (Å²) in [5.74, 6) is -0.467. The van der Waals surface area contributed by atoms with Crippen LogP contribution in [0.15, 0.2) is 18.7 Å². The lowest BCUT2D eigenvalue weighted by Crippen LogP contribution is -2.04. The van der Waals surface area contributed by atoms with Crippen LogP contribution in [-0.2, 0) is 4.74 Å². The summed E-state index contributed by atoms with van der Waals surface area (Å²) in [4.78, 5) is 19.5. The molecule has 6 heteroatoms. The van der Waals surface area contributed by atoms with Crippen LogP contribution in [-0.4, -0.2) is 33.2 Å². The monoisotopic (exact) mass is 218 g/mol. The van der Waals surface area contributed by atoms with Gasteiger partial charge in [-0.2, -0.15) is 5.10 Å². The first-order valence-corrected chi connectivity index (χ1v) is 4.62. The largest absolute Gasteiger partial charge is 0.464 e. The van der Waals surface area contributed by atoms with Crippen molar-refractivity contribution in [1.29, 1.82) is 0 Å². The molecule has 0 spiro atoms. The first kappa shape index (κ1) is 10.3. The fourth-order valence-electron chi connectivity index (χ4n) is 1.40. The zero-order chi connectivity index (χ0) is 11.5. The topological polar surface area (TPSA) is 80.8 Å². The number of rotatable bonds is 2. The summed E-state index contributed by atoms with van der Waals surface area (Å²) in [6.07, 6.45) is 4.65. The second kappa shape index (κ2) is 4.09. The highest BCUT2D eigenvalue weighted by Crippen LogP contribution is 2.22. The Bertz CT molecular complexity index is 521. The Morgan fingerprint density at radius 3 is 2.94 bits per heavy atom. The number of ether oxygens (including phenoxy) is 1. The molecule has 2 aromatic rings. The molecule has 0 aliphatic carbocycles. The van der Waals surface area contributed by atoms with Crippen LogP contribution < -0.4 is 0 Å². The third-order valence-corrected chi connectivity index (χ3v) is 2.18. The van der Waals surface area contributed by atoms with Crippen molar-refractivity contribution in [3.63, 3.8) is 0 Å². The number of aromatic amines is 1. The van der Waals surface area contributed by atoms with Crippen molar-refractivity contribution in [3.8, 4) is 11.3 Å². The minimum Gasteiger partial charge on any atom is -0.464 e. The molecular formula is C10H10N4O2. The molecule has 0 unspecified atom stereocenters. The molecule has 6 nitrogen and oxygen atoms in total. The van der Waals surface area contributed by atoms with Gasteiger partial charge in [0.1, 0.15) is 6.33 Å². The molecule has 82 valence electrons. The van der Waals surface area contributed by atoms with Crippen LogP contribution in [0.3, 0.4) is 0 Å². The Morgan fingerprint density at radius 2 is 2.25 bits per heavy atom. The predicted molar refractivity (Wildman–Crippen MR) is 55.7 cm³/mol. The summed E-state index contributed by atoms with van der Waals surface area (Å²) < 4.78 is 4.64. The first-order valence-electron chi connectivity index (χ1n) is 4.62. The molecule has 0 aliphatic heterocycles. The molecule has 0 aliphatic rings. The molecule has 2 heterocycles. The zero-order valence-electron chi connectivity index (χ0n) is 8.89. The van der Waals surface area contributed by atoms with E-state index in [9.17, 15) is 4.79 Å². The van der Waals surface area contributed by atoms with Crippen molar-refractivity contribution < 1.29 is 9.53 Å². The van der Waals surface area contributed by atoms with Gasteiger partial charge in [-0.3, -0.25) is 5.10 Å². The van der Waals surface area contributed by atoms with E-state index in [0.29, 0.717) is 17.0 Å². The molecule has 0 saturated heterocycles. The molecule has 2 rings (SSSR count). The number of H-pyrrole nitrogens is 1. The van der Waals surface area contributed by atoms with Crippen LogP contribution in [0, 0.1) is 6.92 Å². The van der Waals surface area contributed by atoms with E-state index < -0.39 is 5.97 Å². The minimum atomic E-state index is -0.467. The normalized spacial score (nSPS) is 10.1. The van der Waals surface area contributed by atoms with E-state index in [4.69, 9.17) is 0 Å². The third-order valence-electron chi connectivity index (χ3n) is 2.18. The summed E-state index contributed by atoms with van der Waals surface area (Å²) in [7, 11) is 1.32. The van der Waals surface area contributed by atoms with Gasteiger partial charge in [0.2, 0.25) is 0 Å². The zero-order valence-corrected chi connectivity index (χ0v) is 8.89. The van der Waals surface area contributed by atoms with Crippen molar-refractivity contribution >= 4 is 5.97 Å². The molecular weight excluding hydrogens is 208 g/mol. The second-order valence-electron chi connectivity index (χ2n) is 3.20. The number of carbonyl (C=O) groups excluding carboxylic acids is 1. The Balaban J connectivity index is 2.53. The van der Waals surface area contributed by atoms with Crippen molar-refractivity contribution in [2.24, 2.45) is 0 Å². The van der Waals surface area contributed by atoms with E-state index >= 15 is 0 Å². The van der Waals surface area contributed by atoms with Gasteiger partial charge in [-0.15, -0.1) is 0 Å². The highest BCUT2D eigenvalue weighted by molar-refractivity contribution is 5.94. The van der Waals surface area contributed by atoms with Gasteiger partial charge < -0.3 is 4.74 Å². The molecule has 0 fully saturated rings. The molecule has 2 aromatic heterocycles. The number of hydrogen-bond donors (Lipinski definition) is 1. The van der Waals surface area contributed by atoms with E-state index in [-0.39, 0.29) is 0 Å². The van der Waals surface area contributed by atoms with Crippen molar-refractivity contribution in [1.82, 2.24) is 20.2 Å². The van der Waals surface area contributed by atoms with Gasteiger partial charge in [-0.1, -0.05) is 0 Å². The molecule has 0 amide bonds. The molecule has 0 radical (unpaired) electrons. The molecule has 16 heavy (non-hydrogen) atoms. The number of aryl methyl sites for hydroxylation is 1. The van der Waals surface area contributed by atoms with Crippen molar-refractivity contribution in [2.45, 2.75) is 6.92 Å². The van der Waals surface area contributed by atoms with E-state index in [1.807, 2.05) is 6.92 Å². The summed E-state index contributed by atoms with van der Waals surface area (Å²) in [5, 5.41) is 6.42. The van der Waals surface area contributed by atoms with Crippen LogP contribution in [0.5, 0.6) is 0 Å². The van der Waals surface area contributed by atoms with E-state index in [1.54, 1.807) is 12.4 Å². The molecule has 0 aromatic carbocycles. The van der Waals surface area contributed by atoms with Crippen LogP contribution in [0.25, 0.3) is 11.3 Å². The van der Waals surface area contributed by atoms with Crippen molar-refractivity contribution in [2.75, 3.05) is 7.11 Å². The average molecular weight is 218 g/mol. The third kappa shape index (κ3) is 1.65. The van der Waals surface area contributed by atoms with Gasteiger partial charge in [0.15, 0.2) is 5.69 Å². The summed E-state index contributed by atoms with van der Waals surface area (Å²) in [6, 6.07) is 0. The molecule has 0 atom stereocenters. The lowest BCUT2D eigenvalue weighted by Gasteiger charge is -2.03. The fourth-order valence-corrected chi connectivity index (χ4v) is 1.40. The van der Waals surface area contributed by atoms with Gasteiger partial charge in [0.05, 0.1) is 24.6 Å². The van der Waals surface area contributed by atoms with Crippen LogP contribution in [0.4, 0.5) is 0 Å². The number of nitrogens with one attached hydrogen (secondary N) is 1. The van der Waals surface area contributed by atoms with E-state index in [2.05, 4.69) is 24.9 Å². The quantitative estimate of drug-likeness (QED) is 0.759. The second-order valence-corrected chi connectivity index (χ2v) is 3.20. The smallest absolute Gasteiger partial charge is 0.356 e. The van der Waals surface area contributed by atoms with Gasteiger partial charge >= 0.3 is 5.97 Å². The average Bonchev–Trinajstić information content (AvgIpc) is 2.77. The number of aromatic nitrogens is 4. The Hall–Kier alpha value is -2.24. The Morgan fingerprint density at radius 1 is 1.44 bits per heavy atom. The first-order chi connectivity index (χ1) is 7.74. The lowest BCUT2D eigenvalue weighted by atomic mass is 10.1. The fraction of sp³-hybridized carbons (Fsp3) is 0.200. The number of esters is 1. The van der Waals surface area contributed by atoms with E-state index in [0.717, 1.165) is 5.56 Å². The standard InChI is InChI=1S/C10H10N4O2/c1-6-3-11-5-12-8(6)7-4-13-14-9(7)10(15)16-2/h3-5H,1-2H3,(H,13,14). The lowest BCUT2D eigenvalue weighted by molar-refractivity contribution is 0.0595. The summed E-state index contributed by atoms with van der Waals surface area (Å²) >= 11 is 0. The Kier molecular flexibility index (Phi) is 2.63. The molecule has 0 bridgehead atoms. The molecule has 1 N–H and O–H groups in total. The highest BCUT2D eigenvalue weighted by atomic mass is 16.5. The SMILES string of the molecule is COC(=O)c1[nH]ncc1-c1ncncc1C. The van der Waals surface area contributed by atoms with Gasteiger partial charge in [-0.25, -0.2) is 14.8 Å². The van der Waals surface area contributed by atoms with Gasteiger partial charge in [0.25, 0.3) is 0 Å². The van der Waals surface area contributed by atoms with Crippen LogP contribution in [0.1, 0.15) is 16.1 Å². The number of hydrogen-bond acceptors (Lipinski definition) is 5. The molecule has 0 saturated carbocycles. The highest BCUT2D eigenvalue weighted by Gasteiger charge is 2.17.